The fourth-order valence-electron chi connectivity index (χ4n) is 2.03. The molecular formula is C14H17NOS. The summed E-state index contributed by atoms with van der Waals surface area (Å²) in [7, 11) is 1.68. The van der Waals surface area contributed by atoms with Crippen LogP contribution in [0.4, 0.5) is 0 Å². The first kappa shape index (κ1) is 12.1. The number of hydrogen-bond acceptors (Lipinski definition) is 3. The van der Waals surface area contributed by atoms with Gasteiger partial charge in [-0.1, -0.05) is 18.2 Å². The third-order valence-corrected chi connectivity index (χ3v) is 3.61. The molecule has 2 aromatic rings. The first-order valence-corrected chi connectivity index (χ1v) is 6.51. The summed E-state index contributed by atoms with van der Waals surface area (Å²) >= 11 is 1.70. The monoisotopic (exact) mass is 247 g/mol. The molecule has 0 bridgehead atoms. The molecule has 0 amide bonds. The van der Waals surface area contributed by atoms with Gasteiger partial charge in [-0.05, 0) is 41.8 Å². The van der Waals surface area contributed by atoms with Gasteiger partial charge in [0.25, 0.3) is 0 Å². The predicted molar refractivity (Wildman–Crippen MR) is 72.6 cm³/mol. The van der Waals surface area contributed by atoms with Gasteiger partial charge in [0, 0.05) is 11.1 Å². The fraction of sp³-hybridized carbons (Fsp3) is 0.286. The molecule has 2 nitrogen and oxygen atoms in total. The molecule has 3 heteroatoms. The highest BCUT2D eigenvalue weighted by Crippen LogP contribution is 2.30. The summed E-state index contributed by atoms with van der Waals surface area (Å²) in [5.41, 5.74) is 8.34. The van der Waals surface area contributed by atoms with Gasteiger partial charge in [0.1, 0.15) is 5.75 Å². The molecular weight excluding hydrogens is 230 g/mol. The van der Waals surface area contributed by atoms with E-state index < -0.39 is 5.54 Å². The molecule has 90 valence electrons. The van der Waals surface area contributed by atoms with E-state index in [0.29, 0.717) is 0 Å². The molecule has 0 aliphatic heterocycles. The maximum Gasteiger partial charge on any atom is 0.123 e. The van der Waals surface area contributed by atoms with Crippen LogP contribution in [0.2, 0.25) is 0 Å². The Bertz CT molecular complexity index is 477. The minimum atomic E-state index is -0.409. The number of benzene rings is 1. The van der Waals surface area contributed by atoms with Crippen LogP contribution in [-0.2, 0) is 12.0 Å². The highest BCUT2D eigenvalue weighted by molar-refractivity contribution is 7.07. The zero-order valence-corrected chi connectivity index (χ0v) is 11.0. The van der Waals surface area contributed by atoms with Gasteiger partial charge < -0.3 is 10.5 Å². The largest absolute Gasteiger partial charge is 0.496 e. The summed E-state index contributed by atoms with van der Waals surface area (Å²) in [6.07, 6.45) is 0.816. The van der Waals surface area contributed by atoms with Crippen LogP contribution < -0.4 is 10.5 Å². The molecule has 0 radical (unpaired) electrons. The molecule has 0 spiro atoms. The van der Waals surface area contributed by atoms with Crippen molar-refractivity contribution in [2.45, 2.75) is 18.9 Å². The minimum absolute atomic E-state index is 0.409. The van der Waals surface area contributed by atoms with Crippen LogP contribution in [0.3, 0.4) is 0 Å². The van der Waals surface area contributed by atoms with Crippen molar-refractivity contribution >= 4 is 11.3 Å². The van der Waals surface area contributed by atoms with Gasteiger partial charge in [-0.25, -0.2) is 0 Å². The van der Waals surface area contributed by atoms with E-state index in [1.165, 1.54) is 5.56 Å². The summed E-state index contributed by atoms with van der Waals surface area (Å²) in [6.45, 7) is 2.04. The van der Waals surface area contributed by atoms with Crippen LogP contribution in [0.5, 0.6) is 5.75 Å². The topological polar surface area (TPSA) is 35.2 Å². The van der Waals surface area contributed by atoms with Crippen molar-refractivity contribution in [2.75, 3.05) is 7.11 Å². The Morgan fingerprint density at radius 2 is 2.06 bits per heavy atom. The first-order chi connectivity index (χ1) is 8.13. The van der Waals surface area contributed by atoms with Gasteiger partial charge in [0.15, 0.2) is 0 Å². The second kappa shape index (κ2) is 4.90. The van der Waals surface area contributed by atoms with Gasteiger partial charge >= 0.3 is 0 Å². The van der Waals surface area contributed by atoms with E-state index in [-0.39, 0.29) is 0 Å². The van der Waals surface area contributed by atoms with Crippen molar-refractivity contribution in [3.63, 3.8) is 0 Å². The first-order valence-electron chi connectivity index (χ1n) is 5.57. The maximum absolute atomic E-state index is 6.43. The Kier molecular flexibility index (Phi) is 3.50. The fourth-order valence-corrected chi connectivity index (χ4v) is 2.70. The Labute approximate surface area is 106 Å². The van der Waals surface area contributed by atoms with Crippen LogP contribution in [0.15, 0.2) is 41.1 Å². The van der Waals surface area contributed by atoms with Crippen molar-refractivity contribution in [3.05, 3.63) is 52.2 Å². The Hall–Kier alpha value is -1.32. The summed E-state index contributed by atoms with van der Waals surface area (Å²) in [5, 5.41) is 4.22. The summed E-state index contributed by atoms with van der Waals surface area (Å²) in [4.78, 5) is 0. The molecule has 0 saturated heterocycles. The lowest BCUT2D eigenvalue weighted by atomic mass is 9.87. The van der Waals surface area contributed by atoms with Crippen LogP contribution in [0, 0.1) is 0 Å². The van der Waals surface area contributed by atoms with Crippen LogP contribution >= 0.6 is 11.3 Å². The minimum Gasteiger partial charge on any atom is -0.496 e. The molecule has 1 aromatic carbocycles. The van der Waals surface area contributed by atoms with E-state index >= 15 is 0 Å². The van der Waals surface area contributed by atoms with E-state index in [2.05, 4.69) is 16.8 Å². The maximum atomic E-state index is 6.43. The number of thiophene rings is 1. The lowest BCUT2D eigenvalue weighted by Crippen LogP contribution is -2.35. The molecule has 1 heterocycles. The molecule has 0 fully saturated rings. The summed E-state index contributed by atoms with van der Waals surface area (Å²) < 4.78 is 5.37. The Morgan fingerprint density at radius 1 is 1.29 bits per heavy atom. The normalized spacial score (nSPS) is 14.3. The molecule has 1 atom stereocenters. The third-order valence-electron chi connectivity index (χ3n) is 2.87. The van der Waals surface area contributed by atoms with Crippen LogP contribution in [0.1, 0.15) is 18.1 Å². The standard InChI is InChI=1S/C14H17NOS/c1-14(15,9-11-7-8-17-10-11)12-5-3-4-6-13(12)16-2/h3-8,10H,9,15H2,1-2H3. The summed E-state index contributed by atoms with van der Waals surface area (Å²) in [6, 6.07) is 10.1. The van der Waals surface area contributed by atoms with E-state index in [1.54, 1.807) is 18.4 Å². The average Bonchev–Trinajstić information content (AvgIpc) is 2.81. The molecule has 17 heavy (non-hydrogen) atoms. The van der Waals surface area contributed by atoms with Gasteiger partial charge in [0.05, 0.1) is 7.11 Å². The quantitative estimate of drug-likeness (QED) is 0.900. The van der Waals surface area contributed by atoms with Crippen molar-refractivity contribution in [1.29, 1.82) is 0 Å². The van der Waals surface area contributed by atoms with Gasteiger partial charge in [-0.15, -0.1) is 0 Å². The van der Waals surface area contributed by atoms with Gasteiger partial charge in [-0.2, -0.15) is 11.3 Å². The number of nitrogens with two attached hydrogens (primary N) is 1. The van der Waals surface area contributed by atoms with Crippen molar-refractivity contribution < 1.29 is 4.74 Å². The summed E-state index contributed by atoms with van der Waals surface area (Å²) in [5.74, 6) is 0.854. The van der Waals surface area contributed by atoms with Gasteiger partial charge in [0.2, 0.25) is 0 Å². The lowest BCUT2D eigenvalue weighted by Gasteiger charge is -2.26. The number of hydrogen-bond donors (Lipinski definition) is 1. The highest BCUT2D eigenvalue weighted by atomic mass is 32.1. The molecule has 0 aliphatic rings. The van der Waals surface area contributed by atoms with E-state index in [1.807, 2.05) is 31.2 Å². The van der Waals surface area contributed by atoms with Gasteiger partial charge in [-0.3, -0.25) is 0 Å². The van der Waals surface area contributed by atoms with Crippen molar-refractivity contribution in [2.24, 2.45) is 5.73 Å². The molecule has 1 unspecified atom stereocenters. The molecule has 0 saturated carbocycles. The van der Waals surface area contributed by atoms with Crippen LogP contribution in [-0.4, -0.2) is 7.11 Å². The Balaban J connectivity index is 2.30. The zero-order chi connectivity index (χ0) is 12.3. The van der Waals surface area contributed by atoms with E-state index in [0.717, 1.165) is 17.7 Å². The van der Waals surface area contributed by atoms with E-state index in [4.69, 9.17) is 10.5 Å². The Morgan fingerprint density at radius 3 is 2.71 bits per heavy atom. The highest BCUT2D eigenvalue weighted by Gasteiger charge is 2.25. The average molecular weight is 247 g/mol. The molecule has 1 aromatic heterocycles. The molecule has 2 rings (SSSR count). The van der Waals surface area contributed by atoms with Crippen molar-refractivity contribution in [3.8, 4) is 5.75 Å². The predicted octanol–water partition coefficient (Wildman–Crippen LogP) is 3.17. The number of para-hydroxylation sites is 1. The number of methoxy groups -OCH3 is 1. The number of ether oxygens (including phenoxy) is 1. The zero-order valence-electron chi connectivity index (χ0n) is 10.1. The molecule has 2 N–H and O–H groups in total. The SMILES string of the molecule is COc1ccccc1C(C)(N)Cc1ccsc1. The number of rotatable bonds is 4. The second-order valence-corrected chi connectivity index (χ2v) is 5.21. The molecule has 0 aliphatic carbocycles. The lowest BCUT2D eigenvalue weighted by molar-refractivity contribution is 0.386. The third kappa shape index (κ3) is 2.68. The second-order valence-electron chi connectivity index (χ2n) is 4.43. The van der Waals surface area contributed by atoms with Crippen LogP contribution in [0.25, 0.3) is 0 Å². The van der Waals surface area contributed by atoms with Crippen molar-refractivity contribution in [1.82, 2.24) is 0 Å². The smallest absolute Gasteiger partial charge is 0.123 e. The van der Waals surface area contributed by atoms with E-state index in [9.17, 15) is 0 Å².